The molecule has 11 nitrogen and oxygen atoms in total. The van der Waals surface area contributed by atoms with Gasteiger partial charge in [0.2, 0.25) is 0 Å². The Morgan fingerprint density at radius 3 is 1.22 bits per heavy atom. The van der Waals surface area contributed by atoms with E-state index in [9.17, 15) is 35.1 Å². The van der Waals surface area contributed by atoms with Crippen LogP contribution in [0.4, 0.5) is 17.1 Å². The van der Waals surface area contributed by atoms with Gasteiger partial charge in [0.25, 0.3) is 17.1 Å². The minimum Gasteiger partial charge on any atom is -0.478 e. The minimum absolute atomic E-state index is 0.0794. The van der Waals surface area contributed by atoms with E-state index < -0.39 is 20.7 Å². The van der Waals surface area contributed by atoms with Crippen molar-refractivity contribution >= 4 is 113 Å². The Labute approximate surface area is 293 Å². The summed E-state index contributed by atoms with van der Waals surface area (Å²) in [6.07, 6.45) is 0. The Hall–Kier alpha value is -1.75. The zero-order valence-electron chi connectivity index (χ0n) is 22.9. The molecule has 3 aromatic rings. The molecule has 0 aliphatic rings. The van der Waals surface area contributed by atoms with Crippen molar-refractivity contribution in [3.05, 3.63) is 120 Å². The first-order chi connectivity index (χ1) is 19.2. The third-order valence-electron chi connectivity index (χ3n) is 3.73. The van der Waals surface area contributed by atoms with Gasteiger partial charge in [0.1, 0.15) is -0.0619 Å². The summed E-state index contributed by atoms with van der Waals surface area (Å²) in [5, 5.41) is 39.0. The lowest BCUT2D eigenvalue weighted by atomic mass is 10.2. The number of hydrogen-bond acceptors (Lipinski definition) is 7. The number of nitro benzene ring substituents is 3. The van der Waals surface area contributed by atoms with Crippen LogP contribution in [0.1, 0.15) is 42.3 Å². The Morgan fingerprint density at radius 1 is 0.732 bits per heavy atom. The second kappa shape index (κ2) is 27.1. The van der Waals surface area contributed by atoms with Gasteiger partial charge in [0, 0.05) is 36.4 Å². The molecule has 226 valence electrons. The molecule has 0 fully saturated rings. The molecule has 0 spiro atoms. The van der Waals surface area contributed by atoms with Crippen molar-refractivity contribution in [2.45, 2.75) is 34.6 Å². The summed E-state index contributed by atoms with van der Waals surface area (Å²) in [7, 11) is 0. The van der Waals surface area contributed by atoms with Crippen LogP contribution in [0.3, 0.4) is 0 Å². The molecule has 0 heterocycles. The summed E-state index contributed by atoms with van der Waals surface area (Å²) in [6.45, 7) is 9.76. The molecule has 3 aromatic carbocycles. The van der Waals surface area contributed by atoms with Gasteiger partial charge >= 0.3 is 5.97 Å². The van der Waals surface area contributed by atoms with E-state index in [1.165, 1.54) is 34.8 Å². The molecule has 1 N–H and O–H groups in total. The third-order valence-corrected chi connectivity index (χ3v) is 3.73. The zero-order valence-corrected chi connectivity index (χ0v) is 31.5. The van der Waals surface area contributed by atoms with E-state index in [1.807, 2.05) is 39.8 Å². The predicted octanol–water partition coefficient (Wildman–Crippen LogP) is 10.1. The zero-order chi connectivity index (χ0) is 32.5. The number of carbonyl (C=O) groups is 1. The maximum Gasteiger partial charge on any atom is 0.335 e. The highest BCUT2D eigenvalue weighted by molar-refractivity contribution is 14.3. The number of halogens is 4. The van der Waals surface area contributed by atoms with E-state index in [0.717, 1.165) is 17.1 Å². The van der Waals surface area contributed by atoms with Crippen molar-refractivity contribution < 1.29 is 24.7 Å². The molecular formula is C26H31I4N3O8. The molecule has 0 aliphatic heterocycles. The van der Waals surface area contributed by atoms with Crippen LogP contribution in [0.25, 0.3) is 0 Å². The van der Waals surface area contributed by atoms with E-state index in [4.69, 9.17) is 5.11 Å². The fourth-order valence-electron chi connectivity index (χ4n) is 2.24. The molecule has 3 rings (SSSR count). The number of carboxylic acid groups (broad SMARTS) is 1. The molecule has 0 saturated heterocycles. The first-order valence-electron chi connectivity index (χ1n) is 11.5. The number of aryl methyl sites for hydroxylation is 2. The van der Waals surface area contributed by atoms with Crippen LogP contribution in [0, 0.1) is 44.2 Å². The molecule has 0 amide bonds. The number of nitro groups is 3. The van der Waals surface area contributed by atoms with Crippen LogP contribution in [-0.4, -0.2) is 30.2 Å². The van der Waals surface area contributed by atoms with E-state index >= 15 is 0 Å². The highest BCUT2D eigenvalue weighted by Gasteiger charge is 2.09. The molecular weight excluding hydrogens is 990 g/mol. The van der Waals surface area contributed by atoms with E-state index in [2.05, 4.69) is 97.3 Å². The van der Waals surface area contributed by atoms with Crippen molar-refractivity contribution in [1.82, 2.24) is 0 Å². The average molecular weight is 1020 g/mol. The maximum absolute atomic E-state index is 10.4. The van der Waals surface area contributed by atoms with E-state index in [1.54, 1.807) is 24.3 Å². The van der Waals surface area contributed by atoms with Gasteiger partial charge in [0.05, 0.1) is 20.3 Å². The lowest BCUT2D eigenvalue weighted by molar-refractivity contribution is -0.385. The SMILES string of the molecule is CC.CCI.Cc1cccc([N+](=O)[O-])c1.Cc1cccc([N+](=O)[O-])c1.IC(I)I.O=C(O)c1cccc([N+](=O)[O-])c1. The second-order valence-corrected chi connectivity index (χ2v) is 19.2. The van der Waals surface area contributed by atoms with Gasteiger partial charge in [-0.3, -0.25) is 30.3 Å². The van der Waals surface area contributed by atoms with Crippen molar-refractivity contribution in [1.29, 1.82) is 0 Å². The van der Waals surface area contributed by atoms with Gasteiger partial charge in [-0.1, -0.05) is 141 Å². The summed E-state index contributed by atoms with van der Waals surface area (Å²) in [5.74, 6) is -1.17. The fourth-order valence-corrected chi connectivity index (χ4v) is 2.24. The summed E-state index contributed by atoms with van der Waals surface area (Å²) >= 11 is 9.24. The molecule has 15 heteroatoms. The Bertz CT molecular complexity index is 1130. The average Bonchev–Trinajstić information content (AvgIpc) is 2.91. The molecule has 0 atom stereocenters. The molecule has 0 radical (unpaired) electrons. The highest BCUT2D eigenvalue weighted by atomic mass is 127. The van der Waals surface area contributed by atoms with Crippen LogP contribution in [0.5, 0.6) is 0 Å². The Kier molecular flexibility index (Phi) is 28.9. The Balaban J connectivity index is -0.000000463. The number of aromatic carboxylic acids is 1. The summed E-state index contributed by atoms with van der Waals surface area (Å²) in [5.41, 5.74) is 1.84. The number of carboxylic acids is 1. The largest absolute Gasteiger partial charge is 0.478 e. The number of alkyl halides is 4. The predicted molar refractivity (Wildman–Crippen MR) is 197 cm³/mol. The number of nitrogens with zero attached hydrogens (tertiary/aromatic N) is 3. The molecule has 41 heavy (non-hydrogen) atoms. The van der Waals surface area contributed by atoms with Crippen LogP contribution in [0.15, 0.2) is 72.8 Å². The van der Waals surface area contributed by atoms with Crippen molar-refractivity contribution in [3.63, 3.8) is 0 Å². The van der Waals surface area contributed by atoms with Crippen LogP contribution in [0.2, 0.25) is 0 Å². The number of non-ortho nitro benzene ring substituents is 3. The molecule has 0 bridgehead atoms. The summed E-state index contributed by atoms with van der Waals surface area (Å²) in [4.78, 5) is 39.4. The van der Waals surface area contributed by atoms with Crippen molar-refractivity contribution in [2.75, 3.05) is 4.43 Å². The van der Waals surface area contributed by atoms with Gasteiger partial charge in [-0.2, -0.15) is 0 Å². The number of benzene rings is 3. The second-order valence-electron chi connectivity index (χ2n) is 6.82. The Morgan fingerprint density at radius 2 is 1.00 bits per heavy atom. The van der Waals surface area contributed by atoms with Gasteiger partial charge in [-0.05, 0) is 35.5 Å². The van der Waals surface area contributed by atoms with Gasteiger partial charge in [-0.25, -0.2) is 4.79 Å². The smallest absolute Gasteiger partial charge is 0.335 e. The fraction of sp³-hybridized carbons (Fsp3) is 0.269. The third kappa shape index (κ3) is 25.7. The van der Waals surface area contributed by atoms with Gasteiger partial charge in [0.15, 0.2) is 0 Å². The molecule has 0 saturated carbocycles. The lowest BCUT2D eigenvalue weighted by Crippen LogP contribution is -1.97. The normalized spacial score (nSPS) is 8.73. The van der Waals surface area contributed by atoms with E-state index in [0.29, 0.717) is 0 Å². The van der Waals surface area contributed by atoms with Crippen molar-refractivity contribution in [2.24, 2.45) is 0 Å². The highest BCUT2D eigenvalue weighted by Crippen LogP contribution is 2.16. The molecule has 0 aliphatic carbocycles. The number of rotatable bonds is 4. The molecule has 0 unspecified atom stereocenters. The van der Waals surface area contributed by atoms with Gasteiger partial charge in [-0.15, -0.1) is 0 Å². The topological polar surface area (TPSA) is 167 Å². The quantitative estimate of drug-likeness (QED) is 0.117. The van der Waals surface area contributed by atoms with E-state index in [-0.39, 0.29) is 22.6 Å². The van der Waals surface area contributed by atoms with Crippen LogP contribution >= 0.6 is 90.4 Å². The van der Waals surface area contributed by atoms with Crippen molar-refractivity contribution in [3.8, 4) is 0 Å². The number of hydrogen-bond donors (Lipinski definition) is 1. The first kappa shape index (κ1) is 43.7. The first-order valence-corrected chi connectivity index (χ1v) is 16.8. The van der Waals surface area contributed by atoms with Crippen LogP contribution in [-0.2, 0) is 0 Å². The summed E-state index contributed by atoms with van der Waals surface area (Å²) in [6, 6.07) is 17.9. The summed E-state index contributed by atoms with van der Waals surface area (Å²) < 4.78 is 1.96. The standard InChI is InChI=1S/C7H5NO4.2C7H7NO2.C2H5I.C2H6.CHI3/c9-7(10)5-2-1-3-6(4-5)8(11)12;2*1-6-3-2-4-7(5-6)8(9)10;1-2-3;1-2;2-1(3)4/h1-4H,(H,9,10);2*2-5H,1H3;2H2,1H3;1-2H3;1H. The monoisotopic (exact) mass is 1020 g/mol. The maximum atomic E-state index is 10.4. The molecule has 0 aromatic heterocycles. The minimum atomic E-state index is -1.17. The van der Waals surface area contributed by atoms with Crippen LogP contribution < -0.4 is 0 Å². The van der Waals surface area contributed by atoms with Gasteiger partial charge < -0.3 is 5.11 Å². The lowest BCUT2D eigenvalue weighted by Gasteiger charge is -1.92.